The molecule has 40 heavy (non-hydrogen) atoms. The van der Waals surface area contributed by atoms with Gasteiger partial charge in [0.05, 0.1) is 31.9 Å². The minimum Gasteiger partial charge on any atom is -0.457 e. The second-order valence-corrected chi connectivity index (χ2v) is 9.98. The van der Waals surface area contributed by atoms with Crippen LogP contribution in [0.4, 0.5) is 8.78 Å². The second-order valence-electron chi connectivity index (χ2n) is 8.29. The Hall–Kier alpha value is -3.68. The summed E-state index contributed by atoms with van der Waals surface area (Å²) in [6.07, 6.45) is 3.21. The number of rotatable bonds is 4. The van der Waals surface area contributed by atoms with Crippen molar-refractivity contribution in [3.05, 3.63) is 129 Å². The molecule has 10 heteroatoms. The van der Waals surface area contributed by atoms with Crippen LogP contribution in [0.15, 0.2) is 97.3 Å². The van der Waals surface area contributed by atoms with Gasteiger partial charge < -0.3 is 9.47 Å². The fourth-order valence-electron chi connectivity index (χ4n) is 3.78. The van der Waals surface area contributed by atoms with Gasteiger partial charge in [-0.1, -0.05) is 46.4 Å². The molecule has 2 heterocycles. The molecule has 0 aliphatic heterocycles. The third kappa shape index (κ3) is 6.54. The summed E-state index contributed by atoms with van der Waals surface area (Å²) >= 11 is 24.3. The summed E-state index contributed by atoms with van der Waals surface area (Å²) in [7, 11) is 0. The van der Waals surface area contributed by atoms with Crippen molar-refractivity contribution < 1.29 is 18.3 Å². The van der Waals surface area contributed by atoms with Crippen LogP contribution >= 0.6 is 46.4 Å². The number of halogens is 6. The van der Waals surface area contributed by atoms with E-state index in [1.807, 2.05) is 0 Å². The van der Waals surface area contributed by atoms with Gasteiger partial charge in [0.15, 0.2) is 0 Å². The Kier molecular flexibility index (Phi) is 8.52. The Balaban J connectivity index is 0.000000161. The molecule has 6 rings (SSSR count). The summed E-state index contributed by atoms with van der Waals surface area (Å²) in [6.45, 7) is 0. The molecule has 0 aliphatic rings. The van der Waals surface area contributed by atoms with Crippen molar-refractivity contribution in [3.8, 4) is 23.0 Å². The third-order valence-electron chi connectivity index (χ3n) is 5.52. The molecule has 0 aliphatic carbocycles. The fraction of sp³-hybridized carbons (Fsp3) is 0. The summed E-state index contributed by atoms with van der Waals surface area (Å²) in [5.74, 6) is 1.49. The van der Waals surface area contributed by atoms with Crippen molar-refractivity contribution in [2.24, 2.45) is 0 Å². The average Bonchev–Trinajstić information content (AvgIpc) is 2.91. The van der Waals surface area contributed by atoms with Crippen LogP contribution in [0.25, 0.3) is 21.8 Å². The molecule has 0 radical (unpaired) electrons. The Bertz CT molecular complexity index is 1680. The number of aromatic nitrogens is 2. The van der Waals surface area contributed by atoms with Crippen LogP contribution in [-0.2, 0) is 0 Å². The number of benzene rings is 4. The highest BCUT2D eigenvalue weighted by Crippen LogP contribution is 2.37. The minimum atomic E-state index is -0.318. The second kappa shape index (κ2) is 12.2. The summed E-state index contributed by atoms with van der Waals surface area (Å²) in [6, 6.07) is 21.6. The van der Waals surface area contributed by atoms with Crippen molar-refractivity contribution in [2.75, 3.05) is 0 Å². The molecule has 200 valence electrons. The normalized spacial score (nSPS) is 10.8. The van der Waals surface area contributed by atoms with Gasteiger partial charge in [-0.3, -0.25) is 9.97 Å². The van der Waals surface area contributed by atoms with Crippen LogP contribution in [0, 0.1) is 11.6 Å². The summed E-state index contributed by atoms with van der Waals surface area (Å²) in [4.78, 5) is 8.42. The maximum absolute atomic E-state index is 12.9. The van der Waals surface area contributed by atoms with Gasteiger partial charge in [0.25, 0.3) is 0 Å². The van der Waals surface area contributed by atoms with E-state index >= 15 is 0 Å². The lowest BCUT2D eigenvalue weighted by atomic mass is 10.2. The average molecular weight is 616 g/mol. The zero-order chi connectivity index (χ0) is 28.2. The molecule has 4 nitrogen and oxygen atoms in total. The van der Waals surface area contributed by atoms with Crippen LogP contribution in [0.2, 0.25) is 20.1 Å². The molecule has 0 bridgehead atoms. The fourth-order valence-corrected chi connectivity index (χ4v) is 4.93. The van der Waals surface area contributed by atoms with E-state index in [9.17, 15) is 8.78 Å². The number of hydrogen-bond acceptors (Lipinski definition) is 4. The minimum absolute atomic E-state index is 0.318. The molecule has 4 aromatic carbocycles. The largest absolute Gasteiger partial charge is 0.457 e. The Morgan fingerprint density at radius 1 is 0.500 bits per heavy atom. The van der Waals surface area contributed by atoms with E-state index in [0.717, 1.165) is 0 Å². The first-order valence-electron chi connectivity index (χ1n) is 11.6. The van der Waals surface area contributed by atoms with E-state index < -0.39 is 0 Å². The topological polar surface area (TPSA) is 44.2 Å². The van der Waals surface area contributed by atoms with Crippen LogP contribution < -0.4 is 9.47 Å². The van der Waals surface area contributed by atoms with E-state index in [2.05, 4.69) is 9.97 Å². The maximum Gasteiger partial charge on any atom is 0.139 e. The molecule has 0 atom stereocenters. The lowest BCUT2D eigenvalue weighted by Crippen LogP contribution is -1.89. The van der Waals surface area contributed by atoms with Gasteiger partial charge in [-0.2, -0.15) is 0 Å². The smallest absolute Gasteiger partial charge is 0.139 e. The van der Waals surface area contributed by atoms with Crippen molar-refractivity contribution in [1.82, 2.24) is 9.97 Å². The molecule has 0 saturated carbocycles. The number of hydrogen-bond donors (Lipinski definition) is 0. The van der Waals surface area contributed by atoms with Crippen LogP contribution in [0.1, 0.15) is 0 Å². The zero-order valence-corrected chi connectivity index (χ0v) is 23.2. The van der Waals surface area contributed by atoms with Crippen LogP contribution in [0.5, 0.6) is 23.0 Å². The van der Waals surface area contributed by atoms with Crippen molar-refractivity contribution in [3.63, 3.8) is 0 Å². The molecule has 0 spiro atoms. The lowest BCUT2D eigenvalue weighted by molar-refractivity contribution is 0.485. The number of ether oxygens (including phenoxy) is 2. The van der Waals surface area contributed by atoms with Gasteiger partial charge in [0, 0.05) is 22.4 Å². The highest BCUT2D eigenvalue weighted by molar-refractivity contribution is 6.39. The first kappa shape index (κ1) is 27.9. The predicted molar refractivity (Wildman–Crippen MR) is 156 cm³/mol. The molecule has 2 aromatic heterocycles. The number of fused-ring (bicyclic) bond motifs is 2. The monoisotopic (exact) mass is 614 g/mol. The first-order chi connectivity index (χ1) is 19.3. The van der Waals surface area contributed by atoms with Gasteiger partial charge in [0.1, 0.15) is 34.6 Å². The zero-order valence-electron chi connectivity index (χ0n) is 20.2. The summed E-state index contributed by atoms with van der Waals surface area (Å²) in [5.41, 5.74) is 1.28. The molecule has 6 aromatic rings. The Morgan fingerprint density at radius 3 is 1.25 bits per heavy atom. The number of nitrogens with zero attached hydrogens (tertiary/aromatic N) is 2. The quantitative estimate of drug-likeness (QED) is 0.198. The highest BCUT2D eigenvalue weighted by Gasteiger charge is 2.11. The summed E-state index contributed by atoms with van der Waals surface area (Å²) < 4.78 is 37.2. The van der Waals surface area contributed by atoms with Crippen molar-refractivity contribution in [1.29, 1.82) is 0 Å². The lowest BCUT2D eigenvalue weighted by Gasteiger charge is -2.10. The van der Waals surface area contributed by atoms with Crippen molar-refractivity contribution in [2.45, 2.75) is 0 Å². The van der Waals surface area contributed by atoms with Gasteiger partial charge >= 0.3 is 0 Å². The van der Waals surface area contributed by atoms with Gasteiger partial charge in [-0.05, 0) is 84.9 Å². The maximum atomic E-state index is 12.9. The molecule has 0 amide bonds. The highest BCUT2D eigenvalue weighted by atomic mass is 35.5. The van der Waals surface area contributed by atoms with E-state index in [4.69, 9.17) is 55.9 Å². The first-order valence-corrected chi connectivity index (χ1v) is 13.1. The van der Waals surface area contributed by atoms with Crippen LogP contribution in [-0.4, -0.2) is 9.97 Å². The Labute approximate surface area is 247 Å². The molecule has 0 unspecified atom stereocenters. The summed E-state index contributed by atoms with van der Waals surface area (Å²) in [5, 5.41) is 3.27. The Morgan fingerprint density at radius 2 is 0.875 bits per heavy atom. The molecular formula is C30H16Cl4F2N2O2. The van der Waals surface area contributed by atoms with Crippen LogP contribution in [0.3, 0.4) is 0 Å². The molecule has 0 saturated heterocycles. The van der Waals surface area contributed by atoms with E-state index in [0.29, 0.717) is 64.9 Å². The standard InChI is InChI=1S/2C15H8Cl2FNO/c2*16-9-7-12(17)15-13(8-9)19-6-5-14(15)20-11-3-1-10(18)2-4-11/h2*1-8H. The van der Waals surface area contributed by atoms with E-state index in [1.54, 1.807) is 73.1 Å². The van der Waals surface area contributed by atoms with Crippen molar-refractivity contribution >= 4 is 68.2 Å². The van der Waals surface area contributed by atoms with Gasteiger partial charge in [0.2, 0.25) is 0 Å². The number of pyridine rings is 2. The molecular weight excluding hydrogens is 600 g/mol. The van der Waals surface area contributed by atoms with E-state index in [1.165, 1.54) is 24.3 Å². The SMILES string of the molecule is Fc1ccc(Oc2ccnc3cc(Cl)cc(Cl)c23)cc1.Fc1ccc(Oc2ccnc3cc(Cl)cc(Cl)c23)cc1. The molecule has 0 N–H and O–H groups in total. The van der Waals surface area contributed by atoms with Gasteiger partial charge in [-0.15, -0.1) is 0 Å². The van der Waals surface area contributed by atoms with Gasteiger partial charge in [-0.25, -0.2) is 8.78 Å². The predicted octanol–water partition coefficient (Wildman–Crippen LogP) is 10.9. The molecule has 0 fully saturated rings. The van der Waals surface area contributed by atoms with E-state index in [-0.39, 0.29) is 11.6 Å². The third-order valence-corrected chi connectivity index (χ3v) is 6.56.